The molecular weight excluding hydrogens is 228 g/mol. The third-order valence-electron chi connectivity index (χ3n) is 2.19. The molecule has 0 bridgehead atoms. The molecule has 0 amide bonds. The first kappa shape index (κ1) is 8.95. The van der Waals surface area contributed by atoms with Crippen molar-refractivity contribution in [1.29, 1.82) is 0 Å². The third kappa shape index (κ3) is 1.54. The van der Waals surface area contributed by atoms with Crippen molar-refractivity contribution in [2.45, 2.75) is 0 Å². The van der Waals surface area contributed by atoms with Crippen LogP contribution in [0.25, 0.3) is 16.2 Å². The van der Waals surface area contributed by atoms with Gasteiger partial charge in [-0.2, -0.15) is 0 Å². The fraction of sp³-hybridized carbons (Fsp3) is 0. The lowest BCUT2D eigenvalue weighted by Gasteiger charge is -1.91. The molecule has 0 unspecified atom stereocenters. The standard InChI is InChI=1S/C11H7ClN2S/c12-8-3-4-11-13-9(7-14(11)6-8)10-2-1-5-15-10/h1-7H. The first-order valence-electron chi connectivity index (χ1n) is 4.51. The number of pyridine rings is 1. The van der Waals surface area contributed by atoms with E-state index >= 15 is 0 Å². The zero-order chi connectivity index (χ0) is 10.3. The Kier molecular flexibility index (Phi) is 2.01. The van der Waals surface area contributed by atoms with Crippen molar-refractivity contribution in [1.82, 2.24) is 9.38 Å². The van der Waals surface area contributed by atoms with E-state index in [-0.39, 0.29) is 0 Å². The van der Waals surface area contributed by atoms with E-state index in [0.717, 1.165) is 16.4 Å². The monoisotopic (exact) mass is 234 g/mol. The molecule has 2 nitrogen and oxygen atoms in total. The van der Waals surface area contributed by atoms with Gasteiger partial charge in [-0.25, -0.2) is 4.98 Å². The molecule has 0 N–H and O–H groups in total. The Morgan fingerprint density at radius 2 is 2.13 bits per heavy atom. The summed E-state index contributed by atoms with van der Waals surface area (Å²) in [6, 6.07) is 7.85. The Morgan fingerprint density at radius 3 is 2.93 bits per heavy atom. The largest absolute Gasteiger partial charge is 0.305 e. The normalized spacial score (nSPS) is 11.0. The minimum absolute atomic E-state index is 0.720. The zero-order valence-electron chi connectivity index (χ0n) is 7.72. The van der Waals surface area contributed by atoms with Gasteiger partial charge in [-0.05, 0) is 23.6 Å². The fourth-order valence-corrected chi connectivity index (χ4v) is 2.36. The number of imidazole rings is 1. The number of nitrogens with zero attached hydrogens (tertiary/aromatic N) is 2. The molecule has 4 heteroatoms. The van der Waals surface area contributed by atoms with Gasteiger partial charge in [0.2, 0.25) is 0 Å². The number of halogens is 1. The number of aromatic nitrogens is 2. The average molecular weight is 235 g/mol. The summed E-state index contributed by atoms with van der Waals surface area (Å²) < 4.78 is 1.94. The van der Waals surface area contributed by atoms with Crippen LogP contribution in [0.5, 0.6) is 0 Å². The van der Waals surface area contributed by atoms with Gasteiger partial charge in [-0.1, -0.05) is 17.7 Å². The summed E-state index contributed by atoms with van der Waals surface area (Å²) in [6.07, 6.45) is 3.86. The van der Waals surface area contributed by atoms with Gasteiger partial charge in [-0.3, -0.25) is 0 Å². The van der Waals surface area contributed by atoms with Gasteiger partial charge in [0, 0.05) is 12.4 Å². The number of fused-ring (bicyclic) bond motifs is 1. The Bertz CT molecular complexity index is 598. The third-order valence-corrected chi connectivity index (χ3v) is 3.30. The molecule has 0 radical (unpaired) electrons. The van der Waals surface area contributed by atoms with Crippen LogP contribution in [0.3, 0.4) is 0 Å². The van der Waals surface area contributed by atoms with Gasteiger partial charge in [-0.15, -0.1) is 11.3 Å². The van der Waals surface area contributed by atoms with Crippen molar-refractivity contribution < 1.29 is 0 Å². The van der Waals surface area contributed by atoms with E-state index in [1.54, 1.807) is 11.3 Å². The molecular formula is C11H7ClN2S. The molecule has 0 fully saturated rings. The van der Waals surface area contributed by atoms with Gasteiger partial charge in [0.1, 0.15) is 5.65 Å². The molecule has 3 aromatic rings. The predicted octanol–water partition coefficient (Wildman–Crippen LogP) is 3.72. The van der Waals surface area contributed by atoms with E-state index < -0.39 is 0 Å². The van der Waals surface area contributed by atoms with Crippen LogP contribution in [0.2, 0.25) is 5.02 Å². The van der Waals surface area contributed by atoms with Crippen LogP contribution in [0, 0.1) is 0 Å². The van der Waals surface area contributed by atoms with Gasteiger partial charge >= 0.3 is 0 Å². The SMILES string of the molecule is Clc1ccc2nc(-c3cccs3)cn2c1. The summed E-state index contributed by atoms with van der Waals surface area (Å²) in [5.41, 5.74) is 1.91. The van der Waals surface area contributed by atoms with Crippen molar-refractivity contribution in [3.05, 3.63) is 47.1 Å². The van der Waals surface area contributed by atoms with Crippen LogP contribution in [0.4, 0.5) is 0 Å². The predicted molar refractivity (Wildman–Crippen MR) is 63.5 cm³/mol. The van der Waals surface area contributed by atoms with Crippen LogP contribution in [-0.2, 0) is 0 Å². The van der Waals surface area contributed by atoms with Crippen molar-refractivity contribution in [2.75, 3.05) is 0 Å². The Labute approximate surface area is 95.8 Å². The van der Waals surface area contributed by atoms with Gasteiger partial charge < -0.3 is 4.40 Å². The van der Waals surface area contributed by atoms with Gasteiger partial charge in [0.05, 0.1) is 15.6 Å². The summed E-state index contributed by atoms with van der Waals surface area (Å²) in [4.78, 5) is 5.69. The summed E-state index contributed by atoms with van der Waals surface area (Å²) in [5.74, 6) is 0. The highest BCUT2D eigenvalue weighted by molar-refractivity contribution is 7.13. The van der Waals surface area contributed by atoms with Gasteiger partial charge in [0.15, 0.2) is 0 Å². The topological polar surface area (TPSA) is 17.3 Å². The van der Waals surface area contributed by atoms with Crippen LogP contribution in [0.15, 0.2) is 42.0 Å². The molecule has 0 aromatic carbocycles. The lowest BCUT2D eigenvalue weighted by molar-refractivity contribution is 1.19. The summed E-state index contributed by atoms with van der Waals surface area (Å²) in [6.45, 7) is 0. The number of hydrogen-bond acceptors (Lipinski definition) is 2. The van der Waals surface area contributed by atoms with Crippen molar-refractivity contribution >= 4 is 28.6 Å². The second-order valence-corrected chi connectivity index (χ2v) is 4.60. The maximum absolute atomic E-state index is 5.91. The molecule has 0 aliphatic rings. The highest BCUT2D eigenvalue weighted by Gasteiger charge is 2.04. The zero-order valence-corrected chi connectivity index (χ0v) is 9.29. The molecule has 0 aliphatic carbocycles. The molecule has 0 saturated heterocycles. The first-order valence-corrected chi connectivity index (χ1v) is 5.77. The van der Waals surface area contributed by atoms with E-state index in [1.807, 2.05) is 40.4 Å². The maximum Gasteiger partial charge on any atom is 0.137 e. The van der Waals surface area contributed by atoms with Gasteiger partial charge in [0.25, 0.3) is 0 Å². The quantitative estimate of drug-likeness (QED) is 0.627. The summed E-state index contributed by atoms with van der Waals surface area (Å²) in [7, 11) is 0. The minimum Gasteiger partial charge on any atom is -0.305 e. The van der Waals surface area contributed by atoms with Crippen LogP contribution in [0.1, 0.15) is 0 Å². The van der Waals surface area contributed by atoms with Crippen LogP contribution < -0.4 is 0 Å². The van der Waals surface area contributed by atoms with E-state index in [2.05, 4.69) is 11.1 Å². The molecule has 0 atom stereocenters. The number of rotatable bonds is 1. The molecule has 15 heavy (non-hydrogen) atoms. The van der Waals surface area contributed by atoms with Crippen LogP contribution in [-0.4, -0.2) is 9.38 Å². The molecule has 0 aliphatic heterocycles. The summed E-state index contributed by atoms with van der Waals surface area (Å²) >= 11 is 7.59. The Balaban J connectivity index is 2.22. The molecule has 3 heterocycles. The molecule has 3 aromatic heterocycles. The maximum atomic E-state index is 5.91. The Hall–Kier alpha value is -1.32. The highest BCUT2D eigenvalue weighted by atomic mass is 35.5. The Morgan fingerprint density at radius 1 is 1.20 bits per heavy atom. The van der Waals surface area contributed by atoms with Crippen molar-refractivity contribution in [3.63, 3.8) is 0 Å². The second-order valence-electron chi connectivity index (χ2n) is 3.22. The van der Waals surface area contributed by atoms with E-state index in [0.29, 0.717) is 0 Å². The lowest BCUT2D eigenvalue weighted by atomic mass is 10.4. The highest BCUT2D eigenvalue weighted by Crippen LogP contribution is 2.24. The molecule has 74 valence electrons. The van der Waals surface area contributed by atoms with E-state index in [9.17, 15) is 0 Å². The van der Waals surface area contributed by atoms with Crippen LogP contribution >= 0.6 is 22.9 Å². The lowest BCUT2D eigenvalue weighted by Crippen LogP contribution is -1.79. The van der Waals surface area contributed by atoms with Crippen molar-refractivity contribution in [2.24, 2.45) is 0 Å². The molecule has 0 saturated carbocycles. The fourth-order valence-electron chi connectivity index (χ4n) is 1.51. The second kappa shape index (κ2) is 3.36. The van der Waals surface area contributed by atoms with E-state index in [4.69, 9.17) is 11.6 Å². The number of hydrogen-bond donors (Lipinski definition) is 0. The molecule has 0 spiro atoms. The minimum atomic E-state index is 0.720. The smallest absolute Gasteiger partial charge is 0.137 e. The van der Waals surface area contributed by atoms with E-state index in [1.165, 1.54) is 4.88 Å². The molecule has 3 rings (SSSR count). The average Bonchev–Trinajstić information content (AvgIpc) is 2.84. The summed E-state index contributed by atoms with van der Waals surface area (Å²) in [5, 5.41) is 2.77. The first-order chi connectivity index (χ1) is 7.33. The van der Waals surface area contributed by atoms with Crippen molar-refractivity contribution in [3.8, 4) is 10.6 Å². The number of thiophene rings is 1.